The Kier molecular flexibility index (Phi) is 2.77. The summed E-state index contributed by atoms with van der Waals surface area (Å²) in [5, 5.41) is 12.4. The summed E-state index contributed by atoms with van der Waals surface area (Å²) >= 11 is 0. The van der Waals surface area contributed by atoms with Crippen LogP contribution in [0.5, 0.6) is 0 Å². The fourth-order valence-electron chi connectivity index (χ4n) is 1.76. The molecule has 16 heavy (non-hydrogen) atoms. The maximum atomic E-state index is 5.64. The van der Waals surface area contributed by atoms with E-state index in [2.05, 4.69) is 36.1 Å². The zero-order valence-electron chi connectivity index (χ0n) is 9.88. The van der Waals surface area contributed by atoms with E-state index in [1.807, 2.05) is 17.1 Å². The van der Waals surface area contributed by atoms with Crippen molar-refractivity contribution in [2.24, 2.45) is 21.9 Å². The topological polar surface area (TPSA) is 68.6 Å². The first kappa shape index (κ1) is 10.9. The molecule has 0 radical (unpaired) electrons. The average Bonchev–Trinajstić information content (AvgIpc) is 2.66. The molecule has 2 heterocycles. The third-order valence-electron chi connectivity index (χ3n) is 2.69. The number of hydrogen-bond donors (Lipinski definition) is 1. The molecule has 0 aromatic carbocycles. The van der Waals surface area contributed by atoms with E-state index in [1.165, 1.54) is 0 Å². The highest BCUT2D eigenvalue weighted by Crippen LogP contribution is 2.17. The van der Waals surface area contributed by atoms with Crippen LogP contribution in [0.15, 0.2) is 22.6 Å². The van der Waals surface area contributed by atoms with Crippen LogP contribution in [0.4, 0.5) is 0 Å². The molecule has 2 N–H and O–H groups in total. The van der Waals surface area contributed by atoms with Gasteiger partial charge in [-0.15, -0.1) is 5.10 Å². The van der Waals surface area contributed by atoms with Gasteiger partial charge in [-0.2, -0.15) is 10.2 Å². The van der Waals surface area contributed by atoms with Gasteiger partial charge in [-0.1, -0.05) is 6.92 Å². The van der Waals surface area contributed by atoms with Crippen LogP contribution in [0.3, 0.4) is 0 Å². The molecule has 1 aliphatic rings. The van der Waals surface area contributed by atoms with Crippen molar-refractivity contribution >= 4 is 11.5 Å². The Morgan fingerprint density at radius 1 is 1.44 bits per heavy atom. The van der Waals surface area contributed by atoms with Crippen molar-refractivity contribution in [3.63, 3.8) is 0 Å². The van der Waals surface area contributed by atoms with Crippen LogP contribution in [0.1, 0.15) is 38.8 Å². The predicted octanol–water partition coefficient (Wildman–Crippen LogP) is 1.57. The van der Waals surface area contributed by atoms with Crippen LogP contribution >= 0.6 is 0 Å². The van der Waals surface area contributed by atoms with E-state index in [4.69, 9.17) is 5.73 Å². The number of hydrogen-bond acceptors (Lipinski definition) is 4. The lowest BCUT2D eigenvalue weighted by Crippen LogP contribution is -2.24. The number of nitrogens with two attached hydrogens (primary N) is 1. The minimum Gasteiger partial charge on any atom is -0.386 e. The van der Waals surface area contributed by atoms with Crippen molar-refractivity contribution in [1.82, 2.24) is 9.78 Å². The molecular formula is C11H17N5. The third kappa shape index (κ3) is 1.98. The Labute approximate surface area is 95.1 Å². The maximum absolute atomic E-state index is 5.64. The second-order valence-electron chi connectivity index (χ2n) is 4.48. The molecule has 1 unspecified atom stereocenters. The number of rotatable bonds is 2. The van der Waals surface area contributed by atoms with Crippen LogP contribution < -0.4 is 5.73 Å². The summed E-state index contributed by atoms with van der Waals surface area (Å²) in [6.45, 7) is 6.30. The van der Waals surface area contributed by atoms with Crippen molar-refractivity contribution in [2.45, 2.75) is 33.2 Å². The summed E-state index contributed by atoms with van der Waals surface area (Å²) in [6.07, 6.45) is 4.62. The molecule has 5 nitrogen and oxygen atoms in total. The van der Waals surface area contributed by atoms with Gasteiger partial charge in [0.2, 0.25) is 0 Å². The molecule has 0 spiro atoms. The summed E-state index contributed by atoms with van der Waals surface area (Å²) in [7, 11) is 0. The molecule has 1 atom stereocenters. The van der Waals surface area contributed by atoms with E-state index in [-0.39, 0.29) is 0 Å². The quantitative estimate of drug-likeness (QED) is 0.820. The summed E-state index contributed by atoms with van der Waals surface area (Å²) < 4.78 is 1.92. The van der Waals surface area contributed by atoms with Gasteiger partial charge in [0.15, 0.2) is 0 Å². The van der Waals surface area contributed by atoms with Crippen molar-refractivity contribution in [1.29, 1.82) is 0 Å². The van der Waals surface area contributed by atoms with E-state index in [9.17, 15) is 0 Å². The van der Waals surface area contributed by atoms with Crippen LogP contribution in [-0.2, 0) is 0 Å². The van der Waals surface area contributed by atoms with Crippen LogP contribution in [0, 0.1) is 5.92 Å². The first-order valence-electron chi connectivity index (χ1n) is 5.52. The third-order valence-corrected chi connectivity index (χ3v) is 2.69. The maximum Gasteiger partial charge on any atom is 0.123 e. The predicted molar refractivity (Wildman–Crippen MR) is 64.6 cm³/mol. The summed E-state index contributed by atoms with van der Waals surface area (Å²) in [5.74, 6) is 0.912. The van der Waals surface area contributed by atoms with Gasteiger partial charge >= 0.3 is 0 Å². The highest BCUT2D eigenvalue weighted by atomic mass is 15.3. The first-order valence-corrected chi connectivity index (χ1v) is 5.52. The highest BCUT2D eigenvalue weighted by Gasteiger charge is 2.19. The van der Waals surface area contributed by atoms with Crippen molar-refractivity contribution < 1.29 is 0 Å². The van der Waals surface area contributed by atoms with Gasteiger partial charge in [0.05, 0.1) is 11.9 Å². The van der Waals surface area contributed by atoms with Crippen LogP contribution in [0.25, 0.3) is 0 Å². The monoisotopic (exact) mass is 219 g/mol. The van der Waals surface area contributed by atoms with Gasteiger partial charge < -0.3 is 5.73 Å². The standard InChI is InChI=1S/C11H17N5/c1-7(2)16-6-9(5-13-16)11-8(3)4-10(12)14-15-11/h5-8H,4H2,1-3H3,(H2,12,14). The number of amidine groups is 1. The molecular weight excluding hydrogens is 202 g/mol. The fraction of sp³-hybridized carbons (Fsp3) is 0.545. The van der Waals surface area contributed by atoms with E-state index < -0.39 is 0 Å². The van der Waals surface area contributed by atoms with Gasteiger partial charge in [-0.3, -0.25) is 4.68 Å². The van der Waals surface area contributed by atoms with Gasteiger partial charge in [0.25, 0.3) is 0 Å². The molecule has 86 valence electrons. The molecule has 1 aliphatic heterocycles. The molecule has 0 saturated carbocycles. The zero-order chi connectivity index (χ0) is 11.7. The molecule has 1 aromatic heterocycles. The number of nitrogens with zero attached hydrogens (tertiary/aromatic N) is 4. The van der Waals surface area contributed by atoms with Crippen molar-refractivity contribution in [3.8, 4) is 0 Å². The highest BCUT2D eigenvalue weighted by molar-refractivity contribution is 6.05. The lowest BCUT2D eigenvalue weighted by molar-refractivity contribution is 0.532. The van der Waals surface area contributed by atoms with E-state index in [1.54, 1.807) is 0 Å². The van der Waals surface area contributed by atoms with Gasteiger partial charge in [0.1, 0.15) is 5.84 Å². The SMILES string of the molecule is CC1CC(N)=NN=C1c1cnn(C(C)C)c1. The van der Waals surface area contributed by atoms with E-state index in [0.29, 0.717) is 17.8 Å². The van der Waals surface area contributed by atoms with Crippen LogP contribution in [0.2, 0.25) is 0 Å². The Morgan fingerprint density at radius 2 is 2.19 bits per heavy atom. The second-order valence-corrected chi connectivity index (χ2v) is 4.48. The Balaban J connectivity index is 2.30. The lowest BCUT2D eigenvalue weighted by atomic mass is 9.96. The minimum atomic E-state index is 0.308. The largest absolute Gasteiger partial charge is 0.386 e. The smallest absolute Gasteiger partial charge is 0.123 e. The summed E-state index contributed by atoms with van der Waals surface area (Å²) in [4.78, 5) is 0. The number of aromatic nitrogens is 2. The normalized spacial score (nSPS) is 20.9. The molecule has 1 aromatic rings. The summed E-state index contributed by atoms with van der Waals surface area (Å²) in [5.41, 5.74) is 7.65. The van der Waals surface area contributed by atoms with E-state index in [0.717, 1.165) is 17.7 Å². The molecule has 5 heteroatoms. The van der Waals surface area contributed by atoms with Gasteiger partial charge in [-0.25, -0.2) is 0 Å². The second kappa shape index (κ2) is 4.08. The van der Waals surface area contributed by atoms with Gasteiger partial charge in [0, 0.05) is 30.1 Å². The summed E-state index contributed by atoms with van der Waals surface area (Å²) in [6, 6.07) is 0.363. The lowest BCUT2D eigenvalue weighted by Gasteiger charge is -2.15. The fourth-order valence-corrected chi connectivity index (χ4v) is 1.76. The first-order chi connectivity index (χ1) is 7.58. The van der Waals surface area contributed by atoms with E-state index >= 15 is 0 Å². The average molecular weight is 219 g/mol. The Hall–Kier alpha value is -1.65. The molecule has 0 fully saturated rings. The molecule has 0 amide bonds. The molecule has 0 saturated heterocycles. The van der Waals surface area contributed by atoms with Crippen LogP contribution in [-0.4, -0.2) is 21.3 Å². The van der Waals surface area contributed by atoms with Crippen molar-refractivity contribution in [3.05, 3.63) is 18.0 Å². The van der Waals surface area contributed by atoms with Gasteiger partial charge in [-0.05, 0) is 13.8 Å². The van der Waals surface area contributed by atoms with Crippen molar-refractivity contribution in [2.75, 3.05) is 0 Å². The Morgan fingerprint density at radius 3 is 2.75 bits per heavy atom. The zero-order valence-corrected chi connectivity index (χ0v) is 9.88. The Bertz CT molecular complexity index is 441. The molecule has 2 rings (SSSR count). The molecule has 0 aliphatic carbocycles. The molecule has 0 bridgehead atoms. The minimum absolute atomic E-state index is 0.308.